The topological polar surface area (TPSA) is 121 Å². The molecule has 2 heterocycles. The average molecular weight is 251 g/mol. The fourth-order valence-corrected chi connectivity index (χ4v) is 1.71. The molecule has 1 aromatic heterocycles. The number of carbonyl (C=O) groups is 3. The Kier molecular flexibility index (Phi) is 2.57. The SMILES string of the molecule is CC1(C)C(=O)NC(=O)CN1C(=O)c1[nH]ncc1N. The summed E-state index contributed by atoms with van der Waals surface area (Å²) >= 11 is 0. The van der Waals surface area contributed by atoms with Crippen LogP contribution in [0.3, 0.4) is 0 Å². The van der Waals surface area contributed by atoms with Gasteiger partial charge in [0.05, 0.1) is 11.9 Å². The lowest BCUT2D eigenvalue weighted by atomic mass is 9.98. The van der Waals surface area contributed by atoms with Crippen LogP contribution in [0.4, 0.5) is 5.69 Å². The second kappa shape index (κ2) is 3.83. The smallest absolute Gasteiger partial charge is 0.275 e. The first-order valence-electron chi connectivity index (χ1n) is 5.29. The van der Waals surface area contributed by atoms with E-state index in [9.17, 15) is 14.4 Å². The molecule has 0 bridgehead atoms. The van der Waals surface area contributed by atoms with E-state index in [1.165, 1.54) is 6.20 Å². The molecule has 1 saturated heterocycles. The molecule has 8 nitrogen and oxygen atoms in total. The van der Waals surface area contributed by atoms with Gasteiger partial charge in [-0.15, -0.1) is 0 Å². The number of aromatic nitrogens is 2. The Morgan fingerprint density at radius 3 is 2.72 bits per heavy atom. The first-order chi connectivity index (χ1) is 8.34. The molecule has 8 heteroatoms. The molecule has 0 atom stereocenters. The minimum absolute atomic E-state index is 0.0746. The molecule has 96 valence electrons. The minimum Gasteiger partial charge on any atom is -0.396 e. The number of aromatic amines is 1. The molecule has 2 rings (SSSR count). The number of imide groups is 1. The van der Waals surface area contributed by atoms with Gasteiger partial charge in [-0.1, -0.05) is 0 Å². The predicted molar refractivity (Wildman–Crippen MR) is 61.3 cm³/mol. The standard InChI is InChI=1S/C10H13N5O3/c1-10(2)9(18)13-6(16)4-15(10)8(17)7-5(11)3-12-14-7/h3H,4,11H2,1-2H3,(H,12,14)(H,13,16,18). The van der Waals surface area contributed by atoms with E-state index in [1.807, 2.05) is 0 Å². The third kappa shape index (κ3) is 1.71. The van der Waals surface area contributed by atoms with Gasteiger partial charge in [-0.2, -0.15) is 5.10 Å². The molecule has 1 aliphatic rings. The fourth-order valence-electron chi connectivity index (χ4n) is 1.71. The van der Waals surface area contributed by atoms with Crippen LogP contribution in [0.2, 0.25) is 0 Å². The van der Waals surface area contributed by atoms with Crippen LogP contribution in [0.25, 0.3) is 0 Å². The van der Waals surface area contributed by atoms with E-state index < -0.39 is 23.3 Å². The Morgan fingerprint density at radius 1 is 1.50 bits per heavy atom. The molecule has 0 aromatic carbocycles. The number of carbonyl (C=O) groups excluding carboxylic acids is 3. The van der Waals surface area contributed by atoms with Crippen LogP contribution in [-0.4, -0.2) is 44.9 Å². The molecule has 0 radical (unpaired) electrons. The lowest BCUT2D eigenvalue weighted by molar-refractivity contribution is -0.143. The van der Waals surface area contributed by atoms with Crippen molar-refractivity contribution in [3.8, 4) is 0 Å². The number of H-pyrrole nitrogens is 1. The second-order valence-electron chi connectivity index (χ2n) is 4.53. The highest BCUT2D eigenvalue weighted by molar-refractivity contribution is 6.09. The highest BCUT2D eigenvalue weighted by Crippen LogP contribution is 2.22. The van der Waals surface area contributed by atoms with Crippen molar-refractivity contribution in [1.29, 1.82) is 0 Å². The number of nitrogens with zero attached hydrogens (tertiary/aromatic N) is 2. The van der Waals surface area contributed by atoms with Crippen molar-refractivity contribution in [3.05, 3.63) is 11.9 Å². The number of nitrogens with two attached hydrogens (primary N) is 1. The van der Waals surface area contributed by atoms with Gasteiger partial charge in [0.2, 0.25) is 5.91 Å². The van der Waals surface area contributed by atoms with Crippen LogP contribution < -0.4 is 11.1 Å². The molecule has 1 aliphatic heterocycles. The monoisotopic (exact) mass is 251 g/mol. The summed E-state index contributed by atoms with van der Waals surface area (Å²) in [6.45, 7) is 2.91. The van der Waals surface area contributed by atoms with Crippen LogP contribution in [0.15, 0.2) is 6.20 Å². The lowest BCUT2D eigenvalue weighted by Crippen LogP contribution is -2.65. The van der Waals surface area contributed by atoms with Crippen molar-refractivity contribution in [2.45, 2.75) is 19.4 Å². The largest absolute Gasteiger partial charge is 0.396 e. The number of hydrogen-bond donors (Lipinski definition) is 3. The summed E-state index contributed by atoms with van der Waals surface area (Å²) in [5.74, 6) is -1.57. The Balaban J connectivity index is 2.37. The zero-order valence-corrected chi connectivity index (χ0v) is 9.98. The van der Waals surface area contributed by atoms with Crippen molar-refractivity contribution < 1.29 is 14.4 Å². The summed E-state index contributed by atoms with van der Waals surface area (Å²) in [6, 6.07) is 0. The average Bonchev–Trinajstić information content (AvgIpc) is 2.69. The molecule has 4 N–H and O–H groups in total. The van der Waals surface area contributed by atoms with E-state index in [0.717, 1.165) is 4.90 Å². The van der Waals surface area contributed by atoms with Gasteiger partial charge in [0, 0.05) is 0 Å². The van der Waals surface area contributed by atoms with Crippen molar-refractivity contribution in [3.63, 3.8) is 0 Å². The molecule has 1 fully saturated rings. The first kappa shape index (κ1) is 12.1. The number of piperazine rings is 1. The van der Waals surface area contributed by atoms with Gasteiger partial charge in [-0.05, 0) is 13.8 Å². The fraction of sp³-hybridized carbons (Fsp3) is 0.400. The normalized spacial score (nSPS) is 18.7. The van der Waals surface area contributed by atoms with Crippen LogP contribution in [0, 0.1) is 0 Å². The molecule has 3 amide bonds. The van der Waals surface area contributed by atoms with Crippen LogP contribution in [0.1, 0.15) is 24.3 Å². The van der Waals surface area contributed by atoms with Gasteiger partial charge >= 0.3 is 0 Å². The van der Waals surface area contributed by atoms with E-state index in [0.29, 0.717) is 0 Å². The third-order valence-electron chi connectivity index (χ3n) is 2.91. The highest BCUT2D eigenvalue weighted by Gasteiger charge is 2.44. The molecule has 18 heavy (non-hydrogen) atoms. The Bertz CT molecular complexity index is 533. The zero-order chi connectivity index (χ0) is 13.5. The molecular weight excluding hydrogens is 238 g/mol. The third-order valence-corrected chi connectivity index (χ3v) is 2.91. The number of nitrogens with one attached hydrogen (secondary N) is 2. The number of amides is 3. The maximum absolute atomic E-state index is 12.2. The molecule has 0 unspecified atom stereocenters. The number of nitrogen functional groups attached to an aromatic ring is 1. The maximum atomic E-state index is 12.2. The van der Waals surface area contributed by atoms with Crippen LogP contribution >= 0.6 is 0 Å². The van der Waals surface area contributed by atoms with E-state index in [4.69, 9.17) is 5.73 Å². The van der Waals surface area contributed by atoms with Crippen LogP contribution in [-0.2, 0) is 9.59 Å². The van der Waals surface area contributed by atoms with E-state index in [1.54, 1.807) is 13.8 Å². The number of rotatable bonds is 1. The number of hydrogen-bond acceptors (Lipinski definition) is 5. The lowest BCUT2D eigenvalue weighted by Gasteiger charge is -2.39. The zero-order valence-electron chi connectivity index (χ0n) is 9.98. The Morgan fingerprint density at radius 2 is 2.17 bits per heavy atom. The molecule has 0 saturated carbocycles. The Hall–Kier alpha value is -2.38. The first-order valence-corrected chi connectivity index (χ1v) is 5.29. The maximum Gasteiger partial charge on any atom is 0.275 e. The van der Waals surface area contributed by atoms with Crippen LogP contribution in [0.5, 0.6) is 0 Å². The van der Waals surface area contributed by atoms with Gasteiger partial charge in [0.25, 0.3) is 11.8 Å². The van der Waals surface area contributed by atoms with Gasteiger partial charge in [0.15, 0.2) is 0 Å². The molecule has 0 aliphatic carbocycles. The molecule has 1 aromatic rings. The van der Waals surface area contributed by atoms with E-state index >= 15 is 0 Å². The van der Waals surface area contributed by atoms with Crippen molar-refractivity contribution >= 4 is 23.4 Å². The minimum atomic E-state index is -1.12. The Labute approximate surface area is 103 Å². The summed E-state index contributed by atoms with van der Waals surface area (Å²) < 4.78 is 0. The molecule has 0 spiro atoms. The van der Waals surface area contributed by atoms with Gasteiger partial charge in [-0.3, -0.25) is 24.8 Å². The van der Waals surface area contributed by atoms with Gasteiger partial charge in [-0.25, -0.2) is 0 Å². The highest BCUT2D eigenvalue weighted by atomic mass is 16.2. The predicted octanol–water partition coefficient (Wildman–Crippen LogP) is -1.13. The quantitative estimate of drug-likeness (QED) is 0.545. The summed E-state index contributed by atoms with van der Waals surface area (Å²) in [4.78, 5) is 36.5. The summed E-state index contributed by atoms with van der Waals surface area (Å²) in [7, 11) is 0. The van der Waals surface area contributed by atoms with Crippen molar-refractivity contribution in [1.82, 2.24) is 20.4 Å². The van der Waals surface area contributed by atoms with Gasteiger partial charge in [0.1, 0.15) is 17.8 Å². The van der Waals surface area contributed by atoms with Crippen molar-refractivity contribution in [2.24, 2.45) is 0 Å². The van der Waals surface area contributed by atoms with E-state index in [-0.39, 0.29) is 17.9 Å². The summed E-state index contributed by atoms with van der Waals surface area (Å²) in [5, 5.41) is 8.29. The second-order valence-corrected chi connectivity index (χ2v) is 4.53. The summed E-state index contributed by atoms with van der Waals surface area (Å²) in [5.41, 5.74) is 4.71. The number of anilines is 1. The summed E-state index contributed by atoms with van der Waals surface area (Å²) in [6.07, 6.45) is 1.30. The molecular formula is C10H13N5O3. The van der Waals surface area contributed by atoms with E-state index in [2.05, 4.69) is 15.5 Å². The van der Waals surface area contributed by atoms with Crippen molar-refractivity contribution in [2.75, 3.05) is 12.3 Å². The van der Waals surface area contributed by atoms with Gasteiger partial charge < -0.3 is 10.6 Å².